The van der Waals surface area contributed by atoms with Gasteiger partial charge in [-0.1, -0.05) is 17.7 Å². The van der Waals surface area contributed by atoms with Crippen LogP contribution in [0.15, 0.2) is 30.9 Å². The number of carbonyl (C=O) groups is 1. The zero-order valence-corrected chi connectivity index (χ0v) is 11.7. The number of rotatable bonds is 4. The minimum absolute atomic E-state index is 0.122. The molecule has 0 aliphatic carbocycles. The molecule has 1 rings (SSSR count). The molecule has 0 amide bonds. The van der Waals surface area contributed by atoms with E-state index < -0.39 is 5.97 Å². The molecule has 1 aromatic carbocycles. The SMILES string of the molecule is C=CCN(c1ccc(C(=O)O)cc1Cl)C(C)(C)C. The number of benzene rings is 1. The number of aromatic carboxylic acids is 1. The average molecular weight is 268 g/mol. The van der Waals surface area contributed by atoms with Crippen LogP contribution in [0.3, 0.4) is 0 Å². The Morgan fingerprint density at radius 3 is 2.50 bits per heavy atom. The van der Waals surface area contributed by atoms with Crippen LogP contribution >= 0.6 is 11.6 Å². The lowest BCUT2D eigenvalue weighted by Crippen LogP contribution is -2.41. The molecule has 0 aliphatic rings. The minimum Gasteiger partial charge on any atom is -0.478 e. The molecule has 0 heterocycles. The van der Waals surface area contributed by atoms with Crippen LogP contribution < -0.4 is 4.90 Å². The molecule has 0 fully saturated rings. The second-order valence-electron chi connectivity index (χ2n) is 5.04. The number of carboxylic acid groups (broad SMARTS) is 1. The third kappa shape index (κ3) is 3.26. The van der Waals surface area contributed by atoms with Gasteiger partial charge >= 0.3 is 5.97 Å². The monoisotopic (exact) mass is 267 g/mol. The van der Waals surface area contributed by atoms with Gasteiger partial charge in [0.05, 0.1) is 16.3 Å². The lowest BCUT2D eigenvalue weighted by molar-refractivity contribution is 0.0697. The van der Waals surface area contributed by atoms with E-state index in [1.807, 2.05) is 0 Å². The Balaban J connectivity index is 3.22. The lowest BCUT2D eigenvalue weighted by Gasteiger charge is -2.37. The maximum absolute atomic E-state index is 10.9. The van der Waals surface area contributed by atoms with Crippen LogP contribution in [-0.4, -0.2) is 23.2 Å². The Morgan fingerprint density at radius 2 is 2.11 bits per heavy atom. The number of nitrogens with zero attached hydrogens (tertiary/aromatic N) is 1. The van der Waals surface area contributed by atoms with Crippen LogP contribution in [0, 0.1) is 0 Å². The van der Waals surface area contributed by atoms with Gasteiger partial charge in [-0.3, -0.25) is 0 Å². The van der Waals surface area contributed by atoms with E-state index in [0.717, 1.165) is 5.69 Å². The standard InChI is InChI=1S/C14H18ClNO2/c1-5-8-16(14(2,3)4)12-7-6-10(13(17)18)9-11(12)15/h5-7,9H,1,8H2,2-4H3,(H,17,18). The number of halogens is 1. The van der Waals surface area contributed by atoms with Crippen molar-refractivity contribution in [2.24, 2.45) is 0 Å². The summed E-state index contributed by atoms with van der Waals surface area (Å²) in [5.74, 6) is -0.977. The van der Waals surface area contributed by atoms with E-state index in [9.17, 15) is 4.79 Å². The molecule has 0 saturated carbocycles. The molecular formula is C14H18ClNO2. The fraction of sp³-hybridized carbons (Fsp3) is 0.357. The van der Waals surface area contributed by atoms with E-state index in [0.29, 0.717) is 11.6 Å². The van der Waals surface area contributed by atoms with E-state index in [1.165, 1.54) is 6.07 Å². The van der Waals surface area contributed by atoms with Crippen molar-refractivity contribution in [3.8, 4) is 0 Å². The lowest BCUT2D eigenvalue weighted by atomic mass is 10.0. The van der Waals surface area contributed by atoms with Crippen molar-refractivity contribution in [1.82, 2.24) is 0 Å². The molecule has 0 aromatic heterocycles. The molecule has 0 atom stereocenters. The zero-order valence-electron chi connectivity index (χ0n) is 10.9. The number of hydrogen-bond donors (Lipinski definition) is 1. The first-order valence-electron chi connectivity index (χ1n) is 5.68. The van der Waals surface area contributed by atoms with E-state index >= 15 is 0 Å². The van der Waals surface area contributed by atoms with Crippen molar-refractivity contribution in [2.75, 3.05) is 11.4 Å². The van der Waals surface area contributed by atoms with Crippen LogP contribution in [0.25, 0.3) is 0 Å². The molecule has 0 aliphatic heterocycles. The predicted octanol–water partition coefficient (Wildman–Crippen LogP) is 3.83. The van der Waals surface area contributed by atoms with Gasteiger partial charge < -0.3 is 10.0 Å². The molecule has 1 N–H and O–H groups in total. The highest BCUT2D eigenvalue weighted by atomic mass is 35.5. The quantitative estimate of drug-likeness (QED) is 0.843. The molecule has 0 bridgehead atoms. The summed E-state index contributed by atoms with van der Waals surface area (Å²) in [6, 6.07) is 4.77. The summed E-state index contributed by atoms with van der Waals surface area (Å²) < 4.78 is 0. The Labute approximate surface area is 113 Å². The van der Waals surface area contributed by atoms with Gasteiger partial charge in [-0.2, -0.15) is 0 Å². The summed E-state index contributed by atoms with van der Waals surface area (Å²) in [5, 5.41) is 9.35. The summed E-state index contributed by atoms with van der Waals surface area (Å²) >= 11 is 6.17. The van der Waals surface area contributed by atoms with Crippen molar-refractivity contribution in [1.29, 1.82) is 0 Å². The maximum Gasteiger partial charge on any atom is 0.335 e. The average Bonchev–Trinajstić information content (AvgIpc) is 2.24. The largest absolute Gasteiger partial charge is 0.478 e. The highest BCUT2D eigenvalue weighted by Gasteiger charge is 2.22. The first-order chi connectivity index (χ1) is 8.27. The van der Waals surface area contributed by atoms with Gasteiger partial charge in [-0.15, -0.1) is 6.58 Å². The van der Waals surface area contributed by atoms with Gasteiger partial charge in [0, 0.05) is 12.1 Å². The van der Waals surface area contributed by atoms with Gasteiger partial charge in [-0.05, 0) is 39.0 Å². The van der Waals surface area contributed by atoms with Gasteiger partial charge in [0.15, 0.2) is 0 Å². The third-order valence-corrected chi connectivity index (χ3v) is 2.91. The summed E-state index contributed by atoms with van der Waals surface area (Å²) in [6.45, 7) is 10.6. The van der Waals surface area contributed by atoms with Gasteiger partial charge in [0.25, 0.3) is 0 Å². The molecule has 0 spiro atoms. The van der Waals surface area contributed by atoms with Crippen LogP contribution in [0.4, 0.5) is 5.69 Å². The molecule has 4 heteroatoms. The summed E-state index contributed by atoms with van der Waals surface area (Å²) in [5.41, 5.74) is 0.882. The van der Waals surface area contributed by atoms with E-state index in [4.69, 9.17) is 16.7 Å². The number of anilines is 1. The molecule has 0 radical (unpaired) electrons. The summed E-state index contributed by atoms with van der Waals surface area (Å²) in [6.07, 6.45) is 1.80. The fourth-order valence-corrected chi connectivity index (χ4v) is 2.00. The molecule has 1 aromatic rings. The maximum atomic E-state index is 10.9. The summed E-state index contributed by atoms with van der Waals surface area (Å²) in [7, 11) is 0. The normalized spacial score (nSPS) is 11.1. The molecular weight excluding hydrogens is 250 g/mol. The first kappa shape index (κ1) is 14.6. The van der Waals surface area contributed by atoms with E-state index in [2.05, 4.69) is 32.3 Å². The van der Waals surface area contributed by atoms with Crippen LogP contribution in [0.2, 0.25) is 5.02 Å². The number of hydrogen-bond acceptors (Lipinski definition) is 2. The highest BCUT2D eigenvalue weighted by Crippen LogP contribution is 2.31. The molecule has 18 heavy (non-hydrogen) atoms. The van der Waals surface area contributed by atoms with Crippen LogP contribution in [-0.2, 0) is 0 Å². The van der Waals surface area contributed by atoms with Gasteiger partial charge in [-0.25, -0.2) is 4.79 Å². The molecule has 98 valence electrons. The third-order valence-electron chi connectivity index (χ3n) is 2.61. The van der Waals surface area contributed by atoms with Crippen molar-refractivity contribution < 1.29 is 9.90 Å². The Kier molecular flexibility index (Phi) is 4.41. The van der Waals surface area contributed by atoms with Crippen molar-refractivity contribution in [3.63, 3.8) is 0 Å². The Morgan fingerprint density at radius 1 is 1.50 bits per heavy atom. The minimum atomic E-state index is -0.977. The van der Waals surface area contributed by atoms with E-state index in [1.54, 1.807) is 18.2 Å². The van der Waals surface area contributed by atoms with Crippen molar-refractivity contribution in [2.45, 2.75) is 26.3 Å². The highest BCUT2D eigenvalue weighted by molar-refractivity contribution is 6.33. The van der Waals surface area contributed by atoms with E-state index in [-0.39, 0.29) is 11.1 Å². The number of carboxylic acids is 1. The molecule has 3 nitrogen and oxygen atoms in total. The topological polar surface area (TPSA) is 40.5 Å². The van der Waals surface area contributed by atoms with Crippen molar-refractivity contribution >= 4 is 23.3 Å². The first-order valence-corrected chi connectivity index (χ1v) is 6.06. The van der Waals surface area contributed by atoms with Crippen LogP contribution in [0.1, 0.15) is 31.1 Å². The zero-order chi connectivity index (χ0) is 13.9. The predicted molar refractivity (Wildman–Crippen MR) is 75.7 cm³/mol. The second kappa shape index (κ2) is 5.44. The molecule has 0 saturated heterocycles. The Bertz CT molecular complexity index is 463. The fourth-order valence-electron chi connectivity index (χ4n) is 1.72. The van der Waals surface area contributed by atoms with Gasteiger partial charge in [0.1, 0.15) is 0 Å². The van der Waals surface area contributed by atoms with Gasteiger partial charge in [0.2, 0.25) is 0 Å². The summed E-state index contributed by atoms with van der Waals surface area (Å²) in [4.78, 5) is 12.9. The van der Waals surface area contributed by atoms with Crippen LogP contribution in [0.5, 0.6) is 0 Å². The van der Waals surface area contributed by atoms with Crippen molar-refractivity contribution in [3.05, 3.63) is 41.4 Å². The molecule has 0 unspecified atom stereocenters. The second-order valence-corrected chi connectivity index (χ2v) is 5.45. The smallest absolute Gasteiger partial charge is 0.335 e. The Hall–Kier alpha value is -1.48.